The Morgan fingerprint density at radius 2 is 1.73 bits per heavy atom. The highest BCUT2D eigenvalue weighted by molar-refractivity contribution is 7.99. The number of halogens is 3. The van der Waals surface area contributed by atoms with Crippen LogP contribution in [0.4, 0.5) is 13.2 Å². The number of esters is 1. The number of thioether (sulfide) groups is 1. The van der Waals surface area contributed by atoms with Crippen LogP contribution in [-0.2, 0) is 15.7 Å². The summed E-state index contributed by atoms with van der Waals surface area (Å²) >= 11 is 1.67. The lowest BCUT2D eigenvalue weighted by Crippen LogP contribution is -2.14. The van der Waals surface area contributed by atoms with Gasteiger partial charge in [0, 0.05) is 10.1 Å². The Hall–Kier alpha value is -2.93. The van der Waals surface area contributed by atoms with Gasteiger partial charge in [0.25, 0.3) is 0 Å². The molecule has 174 valence electrons. The first-order chi connectivity index (χ1) is 15.7. The molecule has 0 N–H and O–H groups in total. The summed E-state index contributed by atoms with van der Waals surface area (Å²) in [5.74, 6) is 0.223. The van der Waals surface area contributed by atoms with Crippen molar-refractivity contribution in [2.24, 2.45) is 0 Å². The van der Waals surface area contributed by atoms with Gasteiger partial charge in [-0.25, -0.2) is 4.79 Å². The summed E-state index contributed by atoms with van der Waals surface area (Å²) in [7, 11) is 0. The van der Waals surface area contributed by atoms with Crippen LogP contribution < -0.4 is 4.74 Å². The average Bonchev–Trinajstić information content (AvgIpc) is 2.78. The fourth-order valence-electron chi connectivity index (χ4n) is 3.29. The second kappa shape index (κ2) is 10.8. The van der Waals surface area contributed by atoms with E-state index in [0.29, 0.717) is 12.4 Å². The molecule has 0 spiro atoms. The van der Waals surface area contributed by atoms with Crippen LogP contribution in [0.25, 0.3) is 11.1 Å². The van der Waals surface area contributed by atoms with E-state index in [1.807, 2.05) is 49.4 Å². The van der Waals surface area contributed by atoms with Crippen molar-refractivity contribution in [3.8, 4) is 16.9 Å². The maximum absolute atomic E-state index is 12.8. The molecule has 0 saturated carbocycles. The third-order valence-electron chi connectivity index (χ3n) is 5.01. The summed E-state index contributed by atoms with van der Waals surface area (Å²) in [6, 6.07) is 18.8. The molecule has 0 aliphatic rings. The number of benzene rings is 3. The monoisotopic (exact) mass is 474 g/mol. The van der Waals surface area contributed by atoms with Crippen molar-refractivity contribution in [2.75, 3.05) is 13.2 Å². The lowest BCUT2D eigenvalue weighted by molar-refractivity contribution is -0.145. The van der Waals surface area contributed by atoms with Crippen molar-refractivity contribution in [3.05, 3.63) is 83.4 Å². The van der Waals surface area contributed by atoms with Gasteiger partial charge in [-0.2, -0.15) is 13.2 Å². The molecule has 1 unspecified atom stereocenters. The minimum atomic E-state index is -4.34. The van der Waals surface area contributed by atoms with Crippen molar-refractivity contribution >= 4 is 17.7 Å². The Kier molecular flexibility index (Phi) is 8.08. The first-order valence-corrected chi connectivity index (χ1v) is 11.4. The number of hydrogen-bond donors (Lipinski definition) is 0. The van der Waals surface area contributed by atoms with E-state index in [1.165, 1.54) is 12.1 Å². The van der Waals surface area contributed by atoms with Gasteiger partial charge < -0.3 is 9.47 Å². The van der Waals surface area contributed by atoms with Crippen LogP contribution in [-0.4, -0.2) is 19.2 Å². The summed E-state index contributed by atoms with van der Waals surface area (Å²) in [5, 5.41) is 0.116. The summed E-state index contributed by atoms with van der Waals surface area (Å²) < 4.78 is 48.9. The van der Waals surface area contributed by atoms with Crippen molar-refractivity contribution in [1.82, 2.24) is 0 Å². The molecule has 0 radical (unpaired) electrons. The van der Waals surface area contributed by atoms with Gasteiger partial charge in [0.2, 0.25) is 0 Å². The third kappa shape index (κ3) is 6.78. The quantitative estimate of drug-likeness (QED) is 0.250. The molecule has 0 aliphatic carbocycles. The predicted molar refractivity (Wildman–Crippen MR) is 124 cm³/mol. The normalized spacial score (nSPS) is 12.3. The maximum atomic E-state index is 12.8. The second-order valence-corrected chi connectivity index (χ2v) is 8.90. The number of ether oxygens (including phenoxy) is 2. The Morgan fingerprint density at radius 3 is 2.36 bits per heavy atom. The molecule has 1 atom stereocenters. The van der Waals surface area contributed by atoms with Crippen molar-refractivity contribution in [3.63, 3.8) is 0 Å². The molecule has 0 heterocycles. The SMILES string of the molecule is CCOC(=O)COc1ccc(SC(C)c2cccc(-c3ccc(C(F)(F)F)cc3)c2)cc1C. The molecule has 3 nitrogen and oxygen atoms in total. The zero-order chi connectivity index (χ0) is 24.0. The van der Waals surface area contributed by atoms with E-state index < -0.39 is 17.7 Å². The molecule has 33 heavy (non-hydrogen) atoms. The van der Waals surface area contributed by atoms with Crippen LogP contribution in [0.15, 0.2) is 71.6 Å². The molecule has 3 aromatic rings. The van der Waals surface area contributed by atoms with Gasteiger partial charge in [0.15, 0.2) is 6.61 Å². The average molecular weight is 475 g/mol. The number of carbonyl (C=O) groups excluding carboxylic acids is 1. The Bertz CT molecular complexity index is 1090. The molecule has 0 aromatic heterocycles. The lowest BCUT2D eigenvalue weighted by Gasteiger charge is -2.15. The molecular formula is C26H25F3O3S. The fourth-order valence-corrected chi connectivity index (χ4v) is 4.37. The van der Waals surface area contributed by atoms with Crippen LogP contribution in [0, 0.1) is 6.92 Å². The van der Waals surface area contributed by atoms with E-state index >= 15 is 0 Å². The molecule has 3 aromatic carbocycles. The topological polar surface area (TPSA) is 35.5 Å². The summed E-state index contributed by atoms with van der Waals surface area (Å²) in [6.45, 7) is 5.93. The minimum absolute atomic E-state index is 0.116. The van der Waals surface area contributed by atoms with Crippen LogP contribution in [0.1, 0.15) is 35.8 Å². The number of aryl methyl sites for hydroxylation is 1. The summed E-state index contributed by atoms with van der Waals surface area (Å²) in [6.07, 6.45) is -4.34. The van der Waals surface area contributed by atoms with Gasteiger partial charge in [0.05, 0.1) is 12.2 Å². The van der Waals surface area contributed by atoms with E-state index in [4.69, 9.17) is 9.47 Å². The van der Waals surface area contributed by atoms with E-state index in [9.17, 15) is 18.0 Å². The molecule has 0 bridgehead atoms. The third-order valence-corrected chi connectivity index (χ3v) is 6.16. The Labute approximate surface area is 195 Å². The predicted octanol–water partition coefficient (Wildman–Crippen LogP) is 7.48. The first-order valence-electron chi connectivity index (χ1n) is 10.5. The van der Waals surface area contributed by atoms with Crippen LogP contribution in [0.3, 0.4) is 0 Å². The number of rotatable bonds is 8. The Balaban J connectivity index is 1.69. The van der Waals surface area contributed by atoms with Crippen molar-refractivity contribution < 1.29 is 27.4 Å². The smallest absolute Gasteiger partial charge is 0.416 e. The summed E-state index contributed by atoms with van der Waals surface area (Å²) in [5.41, 5.74) is 2.93. The van der Waals surface area contributed by atoms with E-state index in [-0.39, 0.29) is 11.9 Å². The van der Waals surface area contributed by atoms with E-state index in [0.717, 1.165) is 39.3 Å². The molecule has 3 rings (SSSR count). The zero-order valence-electron chi connectivity index (χ0n) is 18.6. The highest BCUT2D eigenvalue weighted by Crippen LogP contribution is 2.38. The molecular weight excluding hydrogens is 449 g/mol. The molecule has 0 aliphatic heterocycles. The van der Waals surface area contributed by atoms with Gasteiger partial charge in [-0.3, -0.25) is 0 Å². The van der Waals surface area contributed by atoms with Gasteiger partial charge in [-0.1, -0.05) is 36.4 Å². The zero-order valence-corrected chi connectivity index (χ0v) is 19.4. The maximum Gasteiger partial charge on any atom is 0.416 e. The van der Waals surface area contributed by atoms with Crippen molar-refractivity contribution in [2.45, 2.75) is 37.1 Å². The summed E-state index contributed by atoms with van der Waals surface area (Å²) in [4.78, 5) is 12.5. The van der Waals surface area contributed by atoms with Gasteiger partial charge in [0.1, 0.15) is 5.75 Å². The molecule has 0 fully saturated rings. The fraction of sp³-hybridized carbons (Fsp3) is 0.269. The Morgan fingerprint density at radius 1 is 1.00 bits per heavy atom. The van der Waals surface area contributed by atoms with E-state index in [1.54, 1.807) is 18.7 Å². The van der Waals surface area contributed by atoms with Crippen LogP contribution in [0.2, 0.25) is 0 Å². The second-order valence-electron chi connectivity index (χ2n) is 7.48. The van der Waals surface area contributed by atoms with Crippen LogP contribution in [0.5, 0.6) is 5.75 Å². The molecule has 7 heteroatoms. The van der Waals surface area contributed by atoms with Gasteiger partial charge in [-0.05, 0) is 73.4 Å². The van der Waals surface area contributed by atoms with Gasteiger partial charge in [-0.15, -0.1) is 11.8 Å². The van der Waals surface area contributed by atoms with Gasteiger partial charge >= 0.3 is 12.1 Å². The highest BCUT2D eigenvalue weighted by Gasteiger charge is 2.30. The molecule has 0 amide bonds. The van der Waals surface area contributed by atoms with E-state index in [2.05, 4.69) is 6.92 Å². The van der Waals surface area contributed by atoms with Crippen molar-refractivity contribution in [1.29, 1.82) is 0 Å². The standard InChI is InChI=1S/C26H25F3O3S/c1-4-31-25(30)16-32-24-13-12-23(14-17(24)2)33-18(3)20-6-5-7-21(15-20)19-8-10-22(11-9-19)26(27,28)29/h5-15,18H,4,16H2,1-3H3. The minimum Gasteiger partial charge on any atom is -0.482 e. The number of hydrogen-bond acceptors (Lipinski definition) is 4. The number of alkyl halides is 3. The van der Waals surface area contributed by atoms with Crippen LogP contribution >= 0.6 is 11.8 Å². The lowest BCUT2D eigenvalue weighted by atomic mass is 10.0. The first kappa shape index (κ1) is 24.7. The molecule has 0 saturated heterocycles. The highest BCUT2D eigenvalue weighted by atomic mass is 32.2. The largest absolute Gasteiger partial charge is 0.482 e. The number of carbonyl (C=O) groups is 1.